The summed E-state index contributed by atoms with van der Waals surface area (Å²) in [5, 5.41) is 12.6. The van der Waals surface area contributed by atoms with E-state index in [4.69, 9.17) is 23.2 Å². The van der Waals surface area contributed by atoms with Crippen molar-refractivity contribution >= 4 is 51.7 Å². The van der Waals surface area contributed by atoms with Crippen LogP contribution in [0.1, 0.15) is 43.2 Å². The summed E-state index contributed by atoms with van der Waals surface area (Å²) in [4.78, 5) is 36.2. The number of aryl methyl sites for hydroxylation is 1. The number of nitrogens with one attached hydrogen (secondary N) is 2. The van der Waals surface area contributed by atoms with Crippen LogP contribution in [0.3, 0.4) is 0 Å². The molecule has 0 spiro atoms. The maximum absolute atomic E-state index is 14.0. The summed E-state index contributed by atoms with van der Waals surface area (Å²) in [6.07, 6.45) is 8.08. The van der Waals surface area contributed by atoms with E-state index in [1.165, 1.54) is 32.4 Å². The minimum absolute atomic E-state index is 0.00182. The fourth-order valence-corrected chi connectivity index (χ4v) is 7.48. The number of likely N-dealkylation sites (tertiary alicyclic amines) is 2. The highest BCUT2D eigenvalue weighted by Gasteiger charge is 2.33. The fraction of sp³-hybridized carbons (Fsp3) is 0.531. The van der Waals surface area contributed by atoms with Crippen LogP contribution in [0.25, 0.3) is 10.9 Å². The summed E-state index contributed by atoms with van der Waals surface area (Å²) in [5.74, 6) is 0.00182. The Kier molecular flexibility index (Phi) is 9.31. The fourth-order valence-electron chi connectivity index (χ4n) is 6.95. The molecule has 6 rings (SSSR count). The molecule has 11 heteroatoms. The molecule has 4 heterocycles. The van der Waals surface area contributed by atoms with Crippen LogP contribution in [0.4, 0.5) is 10.5 Å². The molecule has 43 heavy (non-hydrogen) atoms. The molecule has 0 bridgehead atoms. The van der Waals surface area contributed by atoms with E-state index in [0.717, 1.165) is 53.6 Å². The molecule has 3 fully saturated rings. The molecule has 3 aromatic rings. The second-order valence-electron chi connectivity index (χ2n) is 12.2. The van der Waals surface area contributed by atoms with Crippen molar-refractivity contribution in [2.24, 2.45) is 0 Å². The molecule has 9 nitrogen and oxygen atoms in total. The molecule has 0 unspecified atom stereocenters. The molecular formula is C32H41Cl2N7O2. The maximum Gasteiger partial charge on any atom is 0.318 e. The molecule has 2 N–H and O–H groups in total. The van der Waals surface area contributed by atoms with Gasteiger partial charge in [0.25, 0.3) is 0 Å². The first-order chi connectivity index (χ1) is 20.9. The largest absolute Gasteiger partial charge is 0.367 e. The van der Waals surface area contributed by atoms with Gasteiger partial charge in [0, 0.05) is 62.1 Å². The second-order valence-corrected chi connectivity index (χ2v) is 13.0. The van der Waals surface area contributed by atoms with E-state index in [1.807, 2.05) is 24.0 Å². The summed E-state index contributed by atoms with van der Waals surface area (Å²) in [5.41, 5.74) is 3.99. The van der Waals surface area contributed by atoms with Gasteiger partial charge >= 0.3 is 6.03 Å². The molecule has 230 valence electrons. The summed E-state index contributed by atoms with van der Waals surface area (Å²) >= 11 is 12.5. The number of benzene rings is 2. The third-order valence-electron chi connectivity index (χ3n) is 9.34. The van der Waals surface area contributed by atoms with E-state index < -0.39 is 6.04 Å². The Morgan fingerprint density at radius 1 is 0.953 bits per heavy atom. The van der Waals surface area contributed by atoms with Gasteiger partial charge in [-0.2, -0.15) is 5.10 Å². The number of hydrogen-bond acceptors (Lipinski definition) is 5. The topological polar surface area (TPSA) is 87.8 Å². The van der Waals surface area contributed by atoms with Gasteiger partial charge in [-0.05, 0) is 81.1 Å². The standard InChI is InChI=1S/C32H41Cl2N7O2/c1-22-17-23(18-24-21-35-37-30(22)24)19-28(31(42)40-11-7-26(8-12-40)38-9-3-2-4-10-38)36-32(43)41-15-13-39(14-16-41)29-6-5-25(33)20-27(29)34/h5-6,17-18,20-21,26,28H,2-4,7-16,19H2,1H3,(H,35,37)(H,36,43)/t28-/m1/s1. The third kappa shape index (κ3) is 6.89. The van der Waals surface area contributed by atoms with Crippen molar-refractivity contribution in [1.29, 1.82) is 0 Å². The predicted molar refractivity (Wildman–Crippen MR) is 172 cm³/mol. The Bertz CT molecular complexity index is 1440. The molecule has 0 saturated carbocycles. The number of urea groups is 1. The van der Waals surface area contributed by atoms with E-state index in [9.17, 15) is 9.59 Å². The van der Waals surface area contributed by atoms with Crippen LogP contribution in [0.15, 0.2) is 36.5 Å². The van der Waals surface area contributed by atoms with Gasteiger partial charge in [0.2, 0.25) is 5.91 Å². The number of piperazine rings is 1. The number of carbonyl (C=O) groups excluding carboxylic acids is 2. The van der Waals surface area contributed by atoms with Gasteiger partial charge < -0.3 is 24.9 Å². The first-order valence-electron chi connectivity index (χ1n) is 15.6. The number of hydrogen-bond donors (Lipinski definition) is 2. The lowest BCUT2D eigenvalue weighted by molar-refractivity contribution is -0.134. The molecule has 3 aliphatic rings. The number of H-pyrrole nitrogens is 1. The molecule has 2 aromatic carbocycles. The molecule has 1 atom stereocenters. The lowest BCUT2D eigenvalue weighted by Gasteiger charge is -2.41. The van der Waals surface area contributed by atoms with E-state index >= 15 is 0 Å². The zero-order chi connectivity index (χ0) is 29.9. The van der Waals surface area contributed by atoms with Crippen LogP contribution < -0.4 is 10.2 Å². The number of carbonyl (C=O) groups is 2. The summed E-state index contributed by atoms with van der Waals surface area (Å²) < 4.78 is 0. The van der Waals surface area contributed by atoms with Crippen LogP contribution >= 0.6 is 23.2 Å². The Labute approximate surface area is 263 Å². The van der Waals surface area contributed by atoms with Gasteiger partial charge in [-0.15, -0.1) is 0 Å². The van der Waals surface area contributed by atoms with E-state index in [0.29, 0.717) is 48.7 Å². The molecule has 0 aliphatic carbocycles. The molecule has 3 amide bonds. The number of anilines is 1. The molecule has 1 aromatic heterocycles. The van der Waals surface area contributed by atoms with E-state index in [-0.39, 0.29) is 11.9 Å². The van der Waals surface area contributed by atoms with Gasteiger partial charge in [0.05, 0.1) is 22.4 Å². The first-order valence-corrected chi connectivity index (χ1v) is 16.3. The number of aromatic nitrogens is 2. The van der Waals surface area contributed by atoms with Crippen LogP contribution in [-0.4, -0.2) is 101 Å². The van der Waals surface area contributed by atoms with Crippen molar-refractivity contribution in [1.82, 2.24) is 30.2 Å². The van der Waals surface area contributed by atoms with Gasteiger partial charge in [-0.25, -0.2) is 4.79 Å². The number of amides is 3. The minimum Gasteiger partial charge on any atom is -0.367 e. The Hall–Kier alpha value is -3.01. The van der Waals surface area contributed by atoms with Gasteiger partial charge in [-0.1, -0.05) is 35.7 Å². The smallest absolute Gasteiger partial charge is 0.318 e. The third-order valence-corrected chi connectivity index (χ3v) is 9.88. The summed E-state index contributed by atoms with van der Waals surface area (Å²) in [6.45, 7) is 8.20. The van der Waals surface area contributed by atoms with Crippen LogP contribution in [-0.2, 0) is 11.2 Å². The van der Waals surface area contributed by atoms with E-state index in [1.54, 1.807) is 17.2 Å². The number of piperidine rings is 2. The van der Waals surface area contributed by atoms with Crippen LogP contribution in [0.2, 0.25) is 10.0 Å². The summed E-state index contributed by atoms with van der Waals surface area (Å²) in [6, 6.07) is 9.34. The number of nitrogens with zero attached hydrogens (tertiary/aromatic N) is 5. The Morgan fingerprint density at radius 2 is 1.70 bits per heavy atom. The average molecular weight is 627 g/mol. The number of aromatic amines is 1. The van der Waals surface area contributed by atoms with Crippen molar-refractivity contribution in [2.75, 3.05) is 57.3 Å². The molecule has 3 aliphatic heterocycles. The van der Waals surface area contributed by atoms with Crippen molar-refractivity contribution in [3.63, 3.8) is 0 Å². The monoisotopic (exact) mass is 625 g/mol. The van der Waals surface area contributed by atoms with Crippen molar-refractivity contribution in [3.05, 3.63) is 57.7 Å². The number of halogens is 2. The zero-order valence-electron chi connectivity index (χ0n) is 24.8. The summed E-state index contributed by atoms with van der Waals surface area (Å²) in [7, 11) is 0. The normalized spacial score (nSPS) is 19.6. The van der Waals surface area contributed by atoms with Crippen molar-refractivity contribution < 1.29 is 9.59 Å². The first kappa shape index (κ1) is 30.0. The Balaban J connectivity index is 1.13. The maximum atomic E-state index is 14.0. The van der Waals surface area contributed by atoms with E-state index in [2.05, 4.69) is 37.4 Å². The lowest BCUT2D eigenvalue weighted by atomic mass is 9.97. The van der Waals surface area contributed by atoms with Crippen LogP contribution in [0.5, 0.6) is 0 Å². The van der Waals surface area contributed by atoms with Gasteiger partial charge in [0.15, 0.2) is 0 Å². The number of fused-ring (bicyclic) bond motifs is 1. The highest BCUT2D eigenvalue weighted by Crippen LogP contribution is 2.30. The molecule has 0 radical (unpaired) electrons. The lowest BCUT2D eigenvalue weighted by Crippen LogP contribution is -2.58. The second kappa shape index (κ2) is 13.3. The minimum atomic E-state index is -0.647. The predicted octanol–water partition coefficient (Wildman–Crippen LogP) is 5.10. The Morgan fingerprint density at radius 3 is 2.42 bits per heavy atom. The van der Waals surface area contributed by atoms with Gasteiger partial charge in [0.1, 0.15) is 6.04 Å². The van der Waals surface area contributed by atoms with Crippen molar-refractivity contribution in [2.45, 2.75) is 57.5 Å². The van der Waals surface area contributed by atoms with Gasteiger partial charge in [-0.3, -0.25) is 9.89 Å². The highest BCUT2D eigenvalue weighted by molar-refractivity contribution is 6.36. The zero-order valence-corrected chi connectivity index (χ0v) is 26.3. The molecule has 3 saturated heterocycles. The van der Waals surface area contributed by atoms with Crippen LogP contribution in [0, 0.1) is 6.92 Å². The SMILES string of the molecule is Cc1cc(C[C@@H](NC(=O)N2CCN(c3ccc(Cl)cc3Cl)CC2)C(=O)N2CCC(N3CCCCC3)CC2)cc2cn[nH]c12. The quantitative estimate of drug-likeness (QED) is 0.398. The number of rotatable bonds is 6. The molecular weight excluding hydrogens is 585 g/mol. The van der Waals surface area contributed by atoms with Crippen molar-refractivity contribution in [3.8, 4) is 0 Å². The highest BCUT2D eigenvalue weighted by atomic mass is 35.5. The average Bonchev–Trinajstić information content (AvgIpc) is 3.50.